The second-order valence-corrected chi connectivity index (χ2v) is 8.13. The Morgan fingerprint density at radius 3 is 2.26 bits per heavy atom. The zero-order valence-electron chi connectivity index (χ0n) is 17.0. The maximum Gasteiger partial charge on any atom is 0.332 e. The first-order valence-corrected chi connectivity index (χ1v) is 10.3. The third-order valence-electron chi connectivity index (χ3n) is 5.44. The molecule has 0 atom stereocenters. The van der Waals surface area contributed by atoms with E-state index in [1.54, 1.807) is 18.6 Å². The molecule has 0 aliphatic carbocycles. The van der Waals surface area contributed by atoms with Crippen LogP contribution in [0.5, 0.6) is 5.75 Å². The Kier molecular flexibility index (Phi) is 4.37. The molecule has 2 aromatic carbocycles. The number of methoxy groups -OCH3 is 1. The molecular weight excluding hydrogens is 462 g/mol. The van der Waals surface area contributed by atoms with Gasteiger partial charge in [-0.05, 0) is 36.4 Å². The summed E-state index contributed by atoms with van der Waals surface area (Å²) < 4.78 is 12.5. The minimum absolute atomic E-state index is 0.340. The standard InChI is InChI=1S/C22H18BrN5O3/c1-25-19-18(20(29)26(2)22(25)30)27-12-17(13-4-6-14(23)7-5-13)28(21(27)24-19)15-8-10-16(31-3)11-9-15/h4-12H,1-3H3. The lowest BCUT2D eigenvalue weighted by Crippen LogP contribution is -2.37. The van der Waals surface area contributed by atoms with Crippen LogP contribution in [0.1, 0.15) is 0 Å². The van der Waals surface area contributed by atoms with Gasteiger partial charge in [-0.25, -0.2) is 4.79 Å². The lowest BCUT2D eigenvalue weighted by atomic mass is 10.1. The monoisotopic (exact) mass is 479 g/mol. The van der Waals surface area contributed by atoms with Gasteiger partial charge in [0, 0.05) is 36.0 Å². The number of fused-ring (bicyclic) bond motifs is 3. The summed E-state index contributed by atoms with van der Waals surface area (Å²) in [7, 11) is 4.71. The molecule has 5 rings (SSSR count). The maximum atomic E-state index is 13.0. The number of halogens is 1. The number of ether oxygens (including phenoxy) is 1. The van der Waals surface area contributed by atoms with Crippen molar-refractivity contribution in [2.24, 2.45) is 14.1 Å². The molecule has 0 bridgehead atoms. The van der Waals surface area contributed by atoms with E-state index in [2.05, 4.69) is 15.9 Å². The van der Waals surface area contributed by atoms with Gasteiger partial charge in [-0.15, -0.1) is 0 Å². The smallest absolute Gasteiger partial charge is 0.332 e. The summed E-state index contributed by atoms with van der Waals surface area (Å²) in [6.45, 7) is 0. The molecule has 0 fully saturated rings. The van der Waals surface area contributed by atoms with Crippen molar-refractivity contribution in [3.05, 3.63) is 80.0 Å². The highest BCUT2D eigenvalue weighted by Crippen LogP contribution is 2.30. The van der Waals surface area contributed by atoms with E-state index in [0.29, 0.717) is 16.9 Å². The SMILES string of the molecule is COc1ccc(-n2c(-c3ccc(Br)cc3)cn3c4c(=O)n(C)c(=O)n(C)c4nc23)cc1. The molecule has 3 aromatic heterocycles. The average molecular weight is 480 g/mol. The number of nitrogens with zero attached hydrogens (tertiary/aromatic N) is 5. The largest absolute Gasteiger partial charge is 0.497 e. The summed E-state index contributed by atoms with van der Waals surface area (Å²) in [4.78, 5) is 30.0. The van der Waals surface area contributed by atoms with Gasteiger partial charge in [-0.3, -0.25) is 22.9 Å². The molecule has 0 spiro atoms. The van der Waals surface area contributed by atoms with Crippen LogP contribution in [0, 0.1) is 0 Å². The van der Waals surface area contributed by atoms with Gasteiger partial charge in [0.25, 0.3) is 5.56 Å². The molecule has 0 amide bonds. The highest BCUT2D eigenvalue weighted by Gasteiger charge is 2.21. The van der Waals surface area contributed by atoms with Crippen LogP contribution < -0.4 is 16.0 Å². The number of hydrogen-bond acceptors (Lipinski definition) is 4. The molecule has 9 heteroatoms. The quantitative estimate of drug-likeness (QED) is 0.398. The lowest BCUT2D eigenvalue weighted by Gasteiger charge is -2.10. The molecular formula is C22H18BrN5O3. The van der Waals surface area contributed by atoms with Crippen LogP contribution in [0.25, 0.3) is 33.9 Å². The van der Waals surface area contributed by atoms with Crippen molar-refractivity contribution in [1.82, 2.24) is 23.1 Å². The van der Waals surface area contributed by atoms with E-state index < -0.39 is 5.69 Å². The fraction of sp³-hybridized carbons (Fsp3) is 0.136. The Morgan fingerprint density at radius 1 is 0.935 bits per heavy atom. The number of hydrogen-bond donors (Lipinski definition) is 0. The Bertz CT molecular complexity index is 1570. The van der Waals surface area contributed by atoms with Gasteiger partial charge in [0.1, 0.15) is 5.75 Å². The maximum absolute atomic E-state index is 13.0. The zero-order chi connectivity index (χ0) is 21.9. The van der Waals surface area contributed by atoms with Crippen molar-refractivity contribution in [3.63, 3.8) is 0 Å². The molecule has 31 heavy (non-hydrogen) atoms. The molecule has 0 saturated heterocycles. The summed E-state index contributed by atoms with van der Waals surface area (Å²) in [6.07, 6.45) is 1.88. The highest BCUT2D eigenvalue weighted by atomic mass is 79.9. The normalized spacial score (nSPS) is 11.5. The van der Waals surface area contributed by atoms with Crippen LogP contribution in [0.2, 0.25) is 0 Å². The van der Waals surface area contributed by atoms with E-state index in [-0.39, 0.29) is 5.56 Å². The van der Waals surface area contributed by atoms with E-state index >= 15 is 0 Å². The van der Waals surface area contributed by atoms with Crippen molar-refractivity contribution >= 4 is 32.9 Å². The van der Waals surface area contributed by atoms with E-state index in [0.717, 1.165) is 31.7 Å². The van der Waals surface area contributed by atoms with Gasteiger partial charge >= 0.3 is 5.69 Å². The zero-order valence-corrected chi connectivity index (χ0v) is 18.6. The number of rotatable bonds is 3. The molecule has 0 radical (unpaired) electrons. The first kappa shape index (κ1) is 19.4. The summed E-state index contributed by atoms with van der Waals surface area (Å²) >= 11 is 3.47. The van der Waals surface area contributed by atoms with Crippen LogP contribution in [0.4, 0.5) is 0 Å². The van der Waals surface area contributed by atoms with Crippen molar-refractivity contribution in [2.75, 3.05) is 7.11 Å². The summed E-state index contributed by atoms with van der Waals surface area (Å²) in [5.41, 5.74) is 2.56. The Morgan fingerprint density at radius 2 is 1.61 bits per heavy atom. The first-order valence-electron chi connectivity index (χ1n) is 9.50. The molecule has 0 aliphatic rings. The average Bonchev–Trinajstić information content (AvgIpc) is 3.33. The second-order valence-electron chi connectivity index (χ2n) is 7.21. The predicted molar refractivity (Wildman–Crippen MR) is 122 cm³/mol. The number of aryl methyl sites for hydroxylation is 1. The van der Waals surface area contributed by atoms with Crippen LogP contribution in [0.3, 0.4) is 0 Å². The van der Waals surface area contributed by atoms with Crippen LogP contribution in [-0.2, 0) is 14.1 Å². The topological polar surface area (TPSA) is 75.5 Å². The summed E-state index contributed by atoms with van der Waals surface area (Å²) in [5.74, 6) is 1.28. The van der Waals surface area contributed by atoms with Gasteiger partial charge in [0.05, 0.1) is 12.8 Å². The molecule has 156 valence electrons. The van der Waals surface area contributed by atoms with Gasteiger partial charge < -0.3 is 4.74 Å². The van der Waals surface area contributed by atoms with E-state index in [1.165, 1.54) is 11.6 Å². The van der Waals surface area contributed by atoms with Crippen molar-refractivity contribution in [2.45, 2.75) is 0 Å². The molecule has 0 unspecified atom stereocenters. The molecule has 8 nitrogen and oxygen atoms in total. The van der Waals surface area contributed by atoms with Gasteiger partial charge in [0.15, 0.2) is 11.2 Å². The second kappa shape index (κ2) is 6.98. The highest BCUT2D eigenvalue weighted by molar-refractivity contribution is 9.10. The first-order chi connectivity index (χ1) is 14.9. The van der Waals surface area contributed by atoms with Gasteiger partial charge in [-0.1, -0.05) is 28.1 Å². The third kappa shape index (κ3) is 2.84. The minimum Gasteiger partial charge on any atom is -0.497 e. The van der Waals surface area contributed by atoms with E-state index in [9.17, 15) is 9.59 Å². The van der Waals surface area contributed by atoms with Crippen molar-refractivity contribution in [1.29, 1.82) is 0 Å². The van der Waals surface area contributed by atoms with Crippen LogP contribution in [-0.4, -0.2) is 30.2 Å². The minimum atomic E-state index is -0.414. The Hall–Kier alpha value is -3.59. The van der Waals surface area contributed by atoms with Crippen molar-refractivity contribution in [3.8, 4) is 22.7 Å². The molecule has 0 aliphatic heterocycles. The van der Waals surface area contributed by atoms with Crippen LogP contribution >= 0.6 is 15.9 Å². The summed E-state index contributed by atoms with van der Waals surface area (Å²) in [6, 6.07) is 15.5. The van der Waals surface area contributed by atoms with E-state index in [1.807, 2.05) is 59.3 Å². The van der Waals surface area contributed by atoms with Crippen LogP contribution in [0.15, 0.2) is 68.8 Å². The molecule has 3 heterocycles. The molecule has 5 aromatic rings. The number of aromatic nitrogens is 5. The Balaban J connectivity index is 1.92. The Labute approximate surface area is 184 Å². The number of benzene rings is 2. The van der Waals surface area contributed by atoms with Gasteiger partial charge in [-0.2, -0.15) is 4.98 Å². The predicted octanol–water partition coefficient (Wildman–Crippen LogP) is 3.11. The number of imidazole rings is 2. The molecule has 0 N–H and O–H groups in total. The van der Waals surface area contributed by atoms with E-state index in [4.69, 9.17) is 9.72 Å². The van der Waals surface area contributed by atoms with Gasteiger partial charge in [0.2, 0.25) is 5.78 Å². The van der Waals surface area contributed by atoms with Crippen molar-refractivity contribution < 1.29 is 4.74 Å². The lowest BCUT2D eigenvalue weighted by molar-refractivity contribution is 0.415. The fourth-order valence-corrected chi connectivity index (χ4v) is 4.05. The third-order valence-corrected chi connectivity index (χ3v) is 5.96. The summed E-state index contributed by atoms with van der Waals surface area (Å²) in [5, 5.41) is 0. The molecule has 0 saturated carbocycles. The fourth-order valence-electron chi connectivity index (χ4n) is 3.78.